The Morgan fingerprint density at radius 1 is 1.22 bits per heavy atom. The number of fused-ring (bicyclic) bond motifs is 1. The monoisotopic (exact) mass is 366 g/mol. The smallest absolute Gasteiger partial charge is 0.338 e. The van der Waals surface area contributed by atoms with E-state index >= 15 is 0 Å². The molecule has 0 bridgehead atoms. The molecule has 0 aliphatic carbocycles. The molecule has 27 heavy (non-hydrogen) atoms. The largest absolute Gasteiger partial charge is 0.488 e. The second-order valence-electron chi connectivity index (χ2n) is 5.87. The quantitative estimate of drug-likeness (QED) is 0.699. The molecule has 0 atom stereocenters. The van der Waals surface area contributed by atoms with E-state index < -0.39 is 18.5 Å². The molecular weight excluding hydrogens is 348 g/mol. The van der Waals surface area contributed by atoms with Gasteiger partial charge in [0.05, 0.1) is 30.9 Å². The van der Waals surface area contributed by atoms with Gasteiger partial charge in [-0.3, -0.25) is 4.79 Å². The van der Waals surface area contributed by atoms with Gasteiger partial charge in [0.2, 0.25) is 0 Å². The van der Waals surface area contributed by atoms with Gasteiger partial charge in [-0.2, -0.15) is 5.26 Å². The first-order valence-electron chi connectivity index (χ1n) is 8.44. The molecule has 0 radical (unpaired) electrons. The number of amides is 1. The zero-order valence-electron chi connectivity index (χ0n) is 14.6. The number of furan rings is 1. The van der Waals surface area contributed by atoms with Gasteiger partial charge in [0.25, 0.3) is 5.91 Å². The molecule has 0 spiro atoms. The molecule has 0 saturated carbocycles. The van der Waals surface area contributed by atoms with Crippen molar-refractivity contribution >= 4 is 18.0 Å². The van der Waals surface area contributed by atoms with E-state index in [0.29, 0.717) is 17.1 Å². The van der Waals surface area contributed by atoms with Gasteiger partial charge in [-0.25, -0.2) is 4.79 Å². The number of rotatable bonds is 7. The molecule has 0 N–H and O–H groups in total. The highest BCUT2D eigenvalue weighted by Crippen LogP contribution is 2.26. The number of hydrogen-bond donors (Lipinski definition) is 0. The predicted molar refractivity (Wildman–Crippen MR) is 95.2 cm³/mol. The average molecular weight is 366 g/mol. The maximum Gasteiger partial charge on any atom is 0.338 e. The van der Waals surface area contributed by atoms with Crippen molar-refractivity contribution in [1.82, 2.24) is 4.90 Å². The topological polar surface area (TPSA) is 92.8 Å². The Morgan fingerprint density at radius 3 is 2.85 bits per heavy atom. The number of para-hydroxylation sites is 1. The summed E-state index contributed by atoms with van der Waals surface area (Å²) in [7, 11) is 0. The van der Waals surface area contributed by atoms with Crippen LogP contribution in [-0.4, -0.2) is 36.5 Å². The van der Waals surface area contributed by atoms with Gasteiger partial charge < -0.3 is 18.8 Å². The van der Waals surface area contributed by atoms with Gasteiger partial charge in [0.15, 0.2) is 6.61 Å². The molecule has 3 rings (SSSR count). The molecule has 2 aromatic rings. The third-order valence-electron chi connectivity index (χ3n) is 3.99. The Hall–Kier alpha value is -3.53. The number of esters is 1. The minimum Gasteiger partial charge on any atom is -0.488 e. The van der Waals surface area contributed by atoms with Crippen LogP contribution in [0.1, 0.15) is 17.7 Å². The lowest BCUT2D eigenvalue weighted by molar-refractivity contribution is -0.149. The second kappa shape index (κ2) is 8.72. The Balaban J connectivity index is 1.59. The van der Waals surface area contributed by atoms with Crippen LogP contribution in [0.4, 0.5) is 0 Å². The summed E-state index contributed by atoms with van der Waals surface area (Å²) in [4.78, 5) is 26.1. The zero-order valence-corrected chi connectivity index (χ0v) is 14.6. The van der Waals surface area contributed by atoms with Crippen LogP contribution in [0.5, 0.6) is 5.75 Å². The zero-order chi connectivity index (χ0) is 19.1. The van der Waals surface area contributed by atoms with Crippen molar-refractivity contribution in [3.8, 4) is 11.8 Å². The minimum atomic E-state index is -0.601. The first-order valence-corrected chi connectivity index (χ1v) is 8.44. The Morgan fingerprint density at radius 2 is 2.07 bits per heavy atom. The molecule has 0 unspecified atom stereocenters. The van der Waals surface area contributed by atoms with Crippen molar-refractivity contribution < 1.29 is 23.5 Å². The fourth-order valence-electron chi connectivity index (χ4n) is 2.61. The standard InChI is InChI=1S/C20H18N2O5/c21-8-4-9-22(12-17-6-3-10-25-17)19(23)14-27-20(24)16-11-15-5-1-2-7-18(15)26-13-16/h1-3,5-7,10-11H,4,9,12-14H2. The van der Waals surface area contributed by atoms with Gasteiger partial charge in [-0.05, 0) is 24.3 Å². The molecule has 1 aromatic carbocycles. The summed E-state index contributed by atoms with van der Waals surface area (Å²) in [6.07, 6.45) is 3.38. The summed E-state index contributed by atoms with van der Waals surface area (Å²) in [5.74, 6) is 0.294. The van der Waals surface area contributed by atoms with E-state index in [4.69, 9.17) is 19.2 Å². The number of nitrogens with zero attached hydrogens (tertiary/aromatic N) is 2. The van der Waals surface area contributed by atoms with Crippen LogP contribution in [-0.2, 0) is 20.9 Å². The van der Waals surface area contributed by atoms with Crippen molar-refractivity contribution in [3.05, 3.63) is 59.6 Å². The van der Waals surface area contributed by atoms with Gasteiger partial charge in [-0.15, -0.1) is 0 Å². The van der Waals surface area contributed by atoms with E-state index in [9.17, 15) is 9.59 Å². The summed E-state index contributed by atoms with van der Waals surface area (Å²) in [5, 5.41) is 8.77. The lowest BCUT2D eigenvalue weighted by Crippen LogP contribution is -2.35. The number of nitriles is 1. The molecule has 0 fully saturated rings. The van der Waals surface area contributed by atoms with Crippen LogP contribution in [0.2, 0.25) is 0 Å². The van der Waals surface area contributed by atoms with Crippen molar-refractivity contribution in [2.75, 3.05) is 19.8 Å². The fourth-order valence-corrected chi connectivity index (χ4v) is 2.61. The van der Waals surface area contributed by atoms with E-state index in [-0.39, 0.29) is 26.1 Å². The second-order valence-corrected chi connectivity index (χ2v) is 5.87. The van der Waals surface area contributed by atoms with Crippen molar-refractivity contribution in [2.45, 2.75) is 13.0 Å². The van der Waals surface area contributed by atoms with Gasteiger partial charge in [0, 0.05) is 12.1 Å². The number of benzene rings is 1. The van der Waals surface area contributed by atoms with Gasteiger partial charge in [0.1, 0.15) is 18.1 Å². The van der Waals surface area contributed by atoms with E-state index in [0.717, 1.165) is 5.56 Å². The van der Waals surface area contributed by atoms with Crippen LogP contribution < -0.4 is 4.74 Å². The number of carbonyl (C=O) groups excluding carboxylic acids is 2. The summed E-state index contributed by atoms with van der Waals surface area (Å²) >= 11 is 0. The molecule has 1 aliphatic heterocycles. The SMILES string of the molecule is N#CCCN(Cc1ccco1)C(=O)COC(=O)C1=Cc2ccccc2OC1. The molecular formula is C20H18N2O5. The third-order valence-corrected chi connectivity index (χ3v) is 3.99. The first kappa shape index (κ1) is 18.3. The molecule has 7 nitrogen and oxygen atoms in total. The Bertz CT molecular complexity index is 880. The van der Waals surface area contributed by atoms with Gasteiger partial charge >= 0.3 is 5.97 Å². The van der Waals surface area contributed by atoms with Crippen LogP contribution in [0.25, 0.3) is 6.08 Å². The summed E-state index contributed by atoms with van der Waals surface area (Å²) in [6, 6.07) is 12.8. The molecule has 1 aliphatic rings. The normalized spacial score (nSPS) is 12.2. The highest BCUT2D eigenvalue weighted by atomic mass is 16.5. The first-order chi connectivity index (χ1) is 13.2. The minimum absolute atomic E-state index is 0.0918. The highest BCUT2D eigenvalue weighted by Gasteiger charge is 2.21. The van der Waals surface area contributed by atoms with Crippen LogP contribution in [0.3, 0.4) is 0 Å². The van der Waals surface area contributed by atoms with Crippen molar-refractivity contribution in [3.63, 3.8) is 0 Å². The molecule has 2 heterocycles. The van der Waals surface area contributed by atoms with Crippen molar-refractivity contribution in [1.29, 1.82) is 5.26 Å². The van der Waals surface area contributed by atoms with Crippen LogP contribution in [0, 0.1) is 11.3 Å². The molecule has 0 saturated heterocycles. The third kappa shape index (κ3) is 4.76. The number of carbonyl (C=O) groups is 2. The summed E-state index contributed by atoms with van der Waals surface area (Å²) in [5.41, 5.74) is 1.13. The predicted octanol–water partition coefficient (Wildman–Crippen LogP) is 2.54. The lowest BCUT2D eigenvalue weighted by atomic mass is 10.1. The maximum absolute atomic E-state index is 12.4. The van der Waals surface area contributed by atoms with E-state index in [1.54, 1.807) is 18.2 Å². The van der Waals surface area contributed by atoms with E-state index in [1.165, 1.54) is 11.2 Å². The fraction of sp³-hybridized carbons (Fsp3) is 0.250. The van der Waals surface area contributed by atoms with E-state index in [1.807, 2.05) is 30.3 Å². The Labute approximate surface area is 156 Å². The molecule has 1 aromatic heterocycles. The Kier molecular flexibility index (Phi) is 5.90. The molecule has 7 heteroatoms. The maximum atomic E-state index is 12.4. The molecule has 1 amide bonds. The van der Waals surface area contributed by atoms with Crippen LogP contribution in [0.15, 0.2) is 52.7 Å². The number of ether oxygens (including phenoxy) is 2. The van der Waals surface area contributed by atoms with Crippen LogP contribution >= 0.6 is 0 Å². The van der Waals surface area contributed by atoms with Crippen molar-refractivity contribution in [2.24, 2.45) is 0 Å². The van der Waals surface area contributed by atoms with E-state index in [2.05, 4.69) is 0 Å². The molecule has 138 valence electrons. The number of hydrogen-bond acceptors (Lipinski definition) is 6. The summed E-state index contributed by atoms with van der Waals surface area (Å²) in [6.45, 7) is 0.121. The van der Waals surface area contributed by atoms with Gasteiger partial charge in [-0.1, -0.05) is 18.2 Å². The highest BCUT2D eigenvalue weighted by molar-refractivity contribution is 5.96. The lowest BCUT2D eigenvalue weighted by Gasteiger charge is -2.21. The average Bonchev–Trinajstić information content (AvgIpc) is 3.21. The summed E-state index contributed by atoms with van der Waals surface area (Å²) < 4.78 is 15.9.